The van der Waals surface area contributed by atoms with Gasteiger partial charge in [-0.1, -0.05) is 20.3 Å². The first kappa shape index (κ1) is 26.5. The topological polar surface area (TPSA) is 139 Å². The molecule has 174 valence electrons. The van der Waals surface area contributed by atoms with Crippen LogP contribution in [0.1, 0.15) is 65.7 Å². The molecule has 31 heavy (non-hydrogen) atoms. The molecular weight excluding hydrogens is 400 g/mol. The Hall–Kier alpha value is -2.55. The van der Waals surface area contributed by atoms with Gasteiger partial charge in [0.25, 0.3) is 11.8 Å². The summed E-state index contributed by atoms with van der Waals surface area (Å²) < 4.78 is 0. The Labute approximate surface area is 184 Å². The second-order valence-electron chi connectivity index (χ2n) is 8.22. The van der Waals surface area contributed by atoms with Crippen LogP contribution in [0.4, 0.5) is 0 Å². The molecule has 0 spiro atoms. The number of nitrogens with zero attached hydrogens (tertiary/aromatic N) is 1. The highest BCUT2D eigenvalue weighted by Gasteiger charge is 2.27. The van der Waals surface area contributed by atoms with Crippen molar-refractivity contribution in [1.29, 1.82) is 0 Å². The molecule has 9 heteroatoms. The zero-order valence-electron chi connectivity index (χ0n) is 18.8. The molecule has 0 aromatic rings. The van der Waals surface area contributed by atoms with Gasteiger partial charge in [0.15, 0.2) is 5.78 Å². The number of carbonyl (C=O) groups is 5. The van der Waals surface area contributed by atoms with E-state index in [1.54, 1.807) is 0 Å². The van der Waals surface area contributed by atoms with Crippen LogP contribution in [0.25, 0.3) is 0 Å². The number of amides is 4. The second kappa shape index (κ2) is 13.7. The van der Waals surface area contributed by atoms with E-state index in [1.165, 1.54) is 24.0 Å². The van der Waals surface area contributed by atoms with Crippen molar-refractivity contribution in [3.63, 3.8) is 0 Å². The molecule has 0 aromatic heterocycles. The zero-order chi connectivity index (χ0) is 23.4. The summed E-state index contributed by atoms with van der Waals surface area (Å²) in [6.07, 6.45) is 6.66. The van der Waals surface area contributed by atoms with Gasteiger partial charge in [-0.15, -0.1) is 0 Å². The number of hydrogen-bond donors (Lipinski definition) is 3. The van der Waals surface area contributed by atoms with E-state index in [2.05, 4.69) is 10.6 Å². The summed E-state index contributed by atoms with van der Waals surface area (Å²) in [5.41, 5.74) is 5.48. The summed E-state index contributed by atoms with van der Waals surface area (Å²) in [7, 11) is 0. The monoisotopic (exact) mass is 436 g/mol. The molecule has 4 amide bonds. The molecule has 4 N–H and O–H groups in total. The third-order valence-corrected chi connectivity index (χ3v) is 5.21. The number of carbonyl (C=O) groups excluding carboxylic acids is 5. The lowest BCUT2D eigenvalue weighted by Crippen LogP contribution is -2.53. The molecule has 2 atom stereocenters. The Balaban J connectivity index is 2.41. The minimum absolute atomic E-state index is 0.121. The van der Waals surface area contributed by atoms with E-state index in [9.17, 15) is 24.0 Å². The zero-order valence-corrected chi connectivity index (χ0v) is 18.8. The summed E-state index contributed by atoms with van der Waals surface area (Å²) in [5.74, 6) is -1.48. The van der Waals surface area contributed by atoms with E-state index >= 15 is 0 Å². The minimum Gasteiger partial charge on any atom is -0.345 e. The van der Waals surface area contributed by atoms with Crippen molar-refractivity contribution in [2.75, 3.05) is 13.1 Å². The van der Waals surface area contributed by atoms with Gasteiger partial charge in [-0.25, -0.2) is 0 Å². The molecule has 0 fully saturated rings. The summed E-state index contributed by atoms with van der Waals surface area (Å²) in [4.78, 5) is 61.0. The number of rotatable bonds is 15. The minimum atomic E-state index is -0.727. The average Bonchev–Trinajstić information content (AvgIpc) is 3.02. The SMILES string of the molecule is CC(=O)C(CCCCN)NC(=O)C(NC(=O)CCCCCN1C(=O)C=CC1=O)C(C)C. The van der Waals surface area contributed by atoms with Gasteiger partial charge in [-0.05, 0) is 51.5 Å². The summed E-state index contributed by atoms with van der Waals surface area (Å²) in [6.45, 7) is 5.97. The van der Waals surface area contributed by atoms with E-state index < -0.39 is 12.1 Å². The lowest BCUT2D eigenvalue weighted by molar-refractivity contribution is -0.137. The highest BCUT2D eigenvalue weighted by atomic mass is 16.2. The van der Waals surface area contributed by atoms with Crippen molar-refractivity contribution < 1.29 is 24.0 Å². The van der Waals surface area contributed by atoms with Crippen LogP contribution in [0.5, 0.6) is 0 Å². The molecule has 0 aromatic carbocycles. The number of nitrogens with two attached hydrogens (primary N) is 1. The Morgan fingerprint density at radius 3 is 2.16 bits per heavy atom. The lowest BCUT2D eigenvalue weighted by atomic mass is 10.0. The van der Waals surface area contributed by atoms with Crippen LogP contribution in [-0.4, -0.2) is 59.5 Å². The van der Waals surface area contributed by atoms with E-state index in [4.69, 9.17) is 5.73 Å². The molecule has 1 heterocycles. The molecule has 1 aliphatic rings. The summed E-state index contributed by atoms with van der Waals surface area (Å²) in [5, 5.41) is 5.52. The fourth-order valence-electron chi connectivity index (χ4n) is 3.30. The van der Waals surface area contributed by atoms with Crippen molar-refractivity contribution in [2.24, 2.45) is 11.7 Å². The number of imide groups is 1. The van der Waals surface area contributed by atoms with Gasteiger partial charge in [0.05, 0.1) is 6.04 Å². The van der Waals surface area contributed by atoms with Crippen LogP contribution in [0, 0.1) is 5.92 Å². The fourth-order valence-corrected chi connectivity index (χ4v) is 3.30. The molecule has 1 aliphatic heterocycles. The predicted molar refractivity (Wildman–Crippen MR) is 117 cm³/mol. The highest BCUT2D eigenvalue weighted by Crippen LogP contribution is 2.09. The van der Waals surface area contributed by atoms with Crippen LogP contribution in [-0.2, 0) is 24.0 Å². The first-order valence-corrected chi connectivity index (χ1v) is 11.0. The van der Waals surface area contributed by atoms with Crippen molar-refractivity contribution in [2.45, 2.75) is 77.8 Å². The highest BCUT2D eigenvalue weighted by molar-refractivity contribution is 6.12. The Bertz CT molecular complexity index is 671. The van der Waals surface area contributed by atoms with E-state index in [1.807, 2.05) is 13.8 Å². The lowest BCUT2D eigenvalue weighted by Gasteiger charge is -2.24. The maximum atomic E-state index is 12.7. The third-order valence-electron chi connectivity index (χ3n) is 5.21. The number of ketones is 1. The Kier molecular flexibility index (Phi) is 11.7. The van der Waals surface area contributed by atoms with Gasteiger partial charge < -0.3 is 16.4 Å². The van der Waals surface area contributed by atoms with Gasteiger partial charge in [0, 0.05) is 25.1 Å². The van der Waals surface area contributed by atoms with Gasteiger partial charge >= 0.3 is 0 Å². The Morgan fingerprint density at radius 1 is 0.968 bits per heavy atom. The van der Waals surface area contributed by atoms with E-state index in [0.717, 1.165) is 12.8 Å². The smallest absolute Gasteiger partial charge is 0.253 e. The molecule has 0 radical (unpaired) electrons. The van der Waals surface area contributed by atoms with Gasteiger partial charge in [0.2, 0.25) is 11.8 Å². The van der Waals surface area contributed by atoms with E-state index in [0.29, 0.717) is 38.8 Å². The predicted octanol–water partition coefficient (Wildman–Crippen LogP) is 0.815. The first-order valence-electron chi connectivity index (χ1n) is 11.0. The molecule has 0 saturated carbocycles. The summed E-state index contributed by atoms with van der Waals surface area (Å²) in [6, 6.07) is -1.31. The molecule has 2 unspecified atom stereocenters. The maximum Gasteiger partial charge on any atom is 0.253 e. The molecule has 1 rings (SSSR count). The van der Waals surface area contributed by atoms with Gasteiger partial charge in [-0.2, -0.15) is 0 Å². The molecule has 9 nitrogen and oxygen atoms in total. The average molecular weight is 437 g/mol. The largest absolute Gasteiger partial charge is 0.345 e. The summed E-state index contributed by atoms with van der Waals surface area (Å²) >= 11 is 0. The third kappa shape index (κ3) is 9.42. The van der Waals surface area contributed by atoms with Crippen LogP contribution in [0.2, 0.25) is 0 Å². The van der Waals surface area contributed by atoms with Crippen molar-refractivity contribution >= 4 is 29.4 Å². The Morgan fingerprint density at radius 2 is 1.61 bits per heavy atom. The number of unbranched alkanes of at least 4 members (excludes halogenated alkanes) is 3. The number of hydrogen-bond acceptors (Lipinski definition) is 6. The fraction of sp³-hybridized carbons (Fsp3) is 0.682. The van der Waals surface area contributed by atoms with Crippen LogP contribution < -0.4 is 16.4 Å². The first-order chi connectivity index (χ1) is 14.7. The van der Waals surface area contributed by atoms with Crippen molar-refractivity contribution in [3.05, 3.63) is 12.2 Å². The molecular formula is C22H36N4O5. The number of nitrogens with one attached hydrogen (secondary N) is 2. The van der Waals surface area contributed by atoms with Crippen molar-refractivity contribution in [3.8, 4) is 0 Å². The van der Waals surface area contributed by atoms with Gasteiger partial charge in [0.1, 0.15) is 6.04 Å². The second-order valence-corrected chi connectivity index (χ2v) is 8.22. The van der Waals surface area contributed by atoms with Gasteiger partial charge in [-0.3, -0.25) is 28.9 Å². The van der Waals surface area contributed by atoms with Crippen LogP contribution >= 0.6 is 0 Å². The normalized spacial score (nSPS) is 15.3. The number of Topliss-reactive ketones (excluding diaryl/α,β-unsaturated/α-hetero) is 1. The van der Waals surface area contributed by atoms with E-state index in [-0.39, 0.29) is 41.8 Å². The van der Waals surface area contributed by atoms with Crippen LogP contribution in [0.15, 0.2) is 12.2 Å². The molecule has 0 saturated heterocycles. The molecule has 0 bridgehead atoms. The molecule has 0 aliphatic carbocycles. The van der Waals surface area contributed by atoms with Crippen LogP contribution in [0.3, 0.4) is 0 Å². The standard InChI is InChI=1S/C22H36N4O5/c1-15(2)21(22(31)24-17(16(3)27)9-6-7-13-23)25-18(28)10-5-4-8-14-26-19(29)11-12-20(26)30/h11-12,15,17,21H,4-10,13-14,23H2,1-3H3,(H,24,31)(H,25,28). The van der Waals surface area contributed by atoms with Crippen molar-refractivity contribution in [1.82, 2.24) is 15.5 Å². The maximum absolute atomic E-state index is 12.7. The quantitative estimate of drug-likeness (QED) is 0.257.